The third-order valence-corrected chi connectivity index (χ3v) is 2.94. The van der Waals surface area contributed by atoms with Crippen molar-refractivity contribution >= 4 is 0 Å². The number of aliphatic hydroxyl groups is 2. The molecule has 1 unspecified atom stereocenters. The second-order valence-corrected chi connectivity index (χ2v) is 4.98. The Bertz CT molecular complexity index is 380. The molecule has 1 aromatic rings. The fraction of sp³-hybridized carbons (Fsp3) is 0.571. The zero-order valence-electron chi connectivity index (χ0n) is 11.2. The van der Waals surface area contributed by atoms with Gasteiger partial charge in [0, 0.05) is 6.54 Å². The molecule has 0 spiro atoms. The van der Waals surface area contributed by atoms with Crippen molar-refractivity contribution < 1.29 is 19.0 Å². The molecule has 0 saturated heterocycles. The molecule has 0 aromatic heterocycles. The Morgan fingerprint density at radius 2 is 1.68 bits per heavy atom. The number of halogens is 2. The van der Waals surface area contributed by atoms with Crippen LogP contribution in [0.5, 0.6) is 0 Å². The first-order valence-corrected chi connectivity index (χ1v) is 6.33. The molecule has 19 heavy (non-hydrogen) atoms. The van der Waals surface area contributed by atoms with Crippen molar-refractivity contribution in [2.45, 2.75) is 31.8 Å². The lowest BCUT2D eigenvalue weighted by Gasteiger charge is -2.17. The number of aliphatic hydroxyl groups excluding tert-OH is 2. The minimum atomic E-state index is -3.15. The van der Waals surface area contributed by atoms with E-state index in [2.05, 4.69) is 19.2 Å². The molecule has 0 aliphatic rings. The van der Waals surface area contributed by atoms with Crippen LogP contribution in [0.25, 0.3) is 0 Å². The summed E-state index contributed by atoms with van der Waals surface area (Å²) in [4.78, 5) is 0. The maximum Gasteiger partial charge on any atom is 0.282 e. The van der Waals surface area contributed by atoms with E-state index in [1.807, 2.05) is 12.1 Å². The van der Waals surface area contributed by atoms with E-state index >= 15 is 0 Å². The Labute approximate surface area is 112 Å². The number of alkyl halides is 2. The van der Waals surface area contributed by atoms with Gasteiger partial charge in [0.1, 0.15) is 6.61 Å². The standard InChI is InChI=1S/C14H21F2NO2/c1-10(2)11-3-5-12(6-4-11)13(19)7-17-8-14(15,16)9-18/h3-6,10,13,17-19H,7-9H2,1-2H3. The van der Waals surface area contributed by atoms with Crippen LogP contribution in [0, 0.1) is 0 Å². The van der Waals surface area contributed by atoms with Crippen molar-refractivity contribution in [1.82, 2.24) is 5.32 Å². The summed E-state index contributed by atoms with van der Waals surface area (Å²) in [7, 11) is 0. The zero-order valence-corrected chi connectivity index (χ0v) is 11.2. The van der Waals surface area contributed by atoms with Crippen molar-refractivity contribution in [2.24, 2.45) is 0 Å². The fourth-order valence-corrected chi connectivity index (χ4v) is 1.67. The quantitative estimate of drug-likeness (QED) is 0.713. The number of hydrogen-bond donors (Lipinski definition) is 3. The SMILES string of the molecule is CC(C)c1ccc(C(O)CNCC(F)(F)CO)cc1. The minimum Gasteiger partial charge on any atom is -0.390 e. The number of nitrogens with one attached hydrogen (secondary N) is 1. The molecule has 3 N–H and O–H groups in total. The van der Waals surface area contributed by atoms with E-state index in [1.54, 1.807) is 12.1 Å². The molecule has 0 radical (unpaired) electrons. The first-order chi connectivity index (χ1) is 8.85. The summed E-state index contributed by atoms with van der Waals surface area (Å²) in [6.45, 7) is 2.33. The van der Waals surface area contributed by atoms with Crippen molar-refractivity contribution in [1.29, 1.82) is 0 Å². The van der Waals surface area contributed by atoms with E-state index in [9.17, 15) is 13.9 Å². The van der Waals surface area contributed by atoms with Crippen LogP contribution in [0.2, 0.25) is 0 Å². The molecular formula is C14H21F2NO2. The Morgan fingerprint density at radius 3 is 2.16 bits per heavy atom. The smallest absolute Gasteiger partial charge is 0.282 e. The van der Waals surface area contributed by atoms with E-state index in [0.29, 0.717) is 11.5 Å². The van der Waals surface area contributed by atoms with E-state index in [-0.39, 0.29) is 6.54 Å². The van der Waals surface area contributed by atoms with Gasteiger partial charge in [-0.15, -0.1) is 0 Å². The number of hydrogen-bond acceptors (Lipinski definition) is 3. The van der Waals surface area contributed by atoms with Crippen molar-refractivity contribution in [2.75, 3.05) is 19.7 Å². The van der Waals surface area contributed by atoms with Crippen molar-refractivity contribution in [3.63, 3.8) is 0 Å². The van der Waals surface area contributed by atoms with Gasteiger partial charge in [-0.25, -0.2) is 8.78 Å². The molecule has 0 bridgehead atoms. The van der Waals surface area contributed by atoms with Crippen LogP contribution in [0.3, 0.4) is 0 Å². The molecule has 0 aliphatic heterocycles. The number of rotatable bonds is 7. The summed E-state index contributed by atoms with van der Waals surface area (Å²) in [5, 5.41) is 20.7. The lowest BCUT2D eigenvalue weighted by atomic mass is 10.00. The van der Waals surface area contributed by atoms with Gasteiger partial charge in [0.15, 0.2) is 0 Å². The van der Waals surface area contributed by atoms with Gasteiger partial charge in [-0.2, -0.15) is 0 Å². The lowest BCUT2D eigenvalue weighted by Crippen LogP contribution is -2.37. The summed E-state index contributed by atoms with van der Waals surface area (Å²) in [6.07, 6.45) is -0.837. The van der Waals surface area contributed by atoms with E-state index in [0.717, 1.165) is 5.56 Å². The molecule has 1 atom stereocenters. The highest BCUT2D eigenvalue weighted by Crippen LogP contribution is 2.18. The Hall–Kier alpha value is -1.04. The molecule has 0 heterocycles. The fourth-order valence-electron chi connectivity index (χ4n) is 1.67. The second kappa shape index (κ2) is 6.93. The molecule has 3 nitrogen and oxygen atoms in total. The second-order valence-electron chi connectivity index (χ2n) is 4.98. The van der Waals surface area contributed by atoms with Gasteiger partial charge in [0.25, 0.3) is 5.92 Å². The number of benzene rings is 1. The maximum absolute atomic E-state index is 12.8. The molecule has 0 saturated carbocycles. The van der Waals surface area contributed by atoms with Crippen LogP contribution < -0.4 is 5.32 Å². The van der Waals surface area contributed by atoms with Crippen LogP contribution in [0.4, 0.5) is 8.78 Å². The van der Waals surface area contributed by atoms with E-state index in [4.69, 9.17) is 5.11 Å². The summed E-state index contributed by atoms with van der Waals surface area (Å²) >= 11 is 0. The van der Waals surface area contributed by atoms with Crippen LogP contribution in [0.15, 0.2) is 24.3 Å². The lowest BCUT2D eigenvalue weighted by molar-refractivity contribution is -0.0488. The zero-order chi connectivity index (χ0) is 14.5. The summed E-state index contributed by atoms with van der Waals surface area (Å²) in [6, 6.07) is 7.44. The van der Waals surface area contributed by atoms with Gasteiger partial charge in [0.2, 0.25) is 0 Å². The van der Waals surface area contributed by atoms with Crippen LogP contribution in [-0.4, -0.2) is 35.8 Å². The van der Waals surface area contributed by atoms with Crippen molar-refractivity contribution in [3.8, 4) is 0 Å². The molecule has 108 valence electrons. The highest BCUT2D eigenvalue weighted by Gasteiger charge is 2.27. The monoisotopic (exact) mass is 273 g/mol. The first-order valence-electron chi connectivity index (χ1n) is 6.33. The van der Waals surface area contributed by atoms with Gasteiger partial charge in [0.05, 0.1) is 12.6 Å². The topological polar surface area (TPSA) is 52.5 Å². The molecular weight excluding hydrogens is 252 g/mol. The normalized spacial score (nSPS) is 13.8. The molecule has 0 amide bonds. The summed E-state index contributed by atoms with van der Waals surface area (Å²) in [5.74, 6) is -2.74. The highest BCUT2D eigenvalue weighted by molar-refractivity contribution is 5.26. The molecule has 0 fully saturated rings. The summed E-state index contributed by atoms with van der Waals surface area (Å²) < 4.78 is 25.5. The van der Waals surface area contributed by atoms with Gasteiger partial charge >= 0.3 is 0 Å². The molecule has 1 rings (SSSR count). The average Bonchev–Trinajstić information content (AvgIpc) is 2.38. The molecule has 1 aromatic carbocycles. The highest BCUT2D eigenvalue weighted by atomic mass is 19.3. The van der Waals surface area contributed by atoms with Gasteiger partial charge in [-0.1, -0.05) is 38.1 Å². The average molecular weight is 273 g/mol. The predicted molar refractivity (Wildman–Crippen MR) is 70.4 cm³/mol. The van der Waals surface area contributed by atoms with Gasteiger partial charge in [-0.05, 0) is 17.0 Å². The van der Waals surface area contributed by atoms with Crippen molar-refractivity contribution in [3.05, 3.63) is 35.4 Å². The Morgan fingerprint density at radius 1 is 1.16 bits per heavy atom. The largest absolute Gasteiger partial charge is 0.390 e. The van der Waals surface area contributed by atoms with E-state index < -0.39 is 25.2 Å². The first kappa shape index (κ1) is 16.0. The molecule has 5 heteroatoms. The Kier molecular flexibility index (Phi) is 5.85. The van der Waals surface area contributed by atoms with E-state index in [1.165, 1.54) is 0 Å². The Balaban J connectivity index is 2.47. The van der Waals surface area contributed by atoms with Crippen LogP contribution in [0.1, 0.15) is 37.0 Å². The minimum absolute atomic E-state index is 0.0244. The third-order valence-electron chi connectivity index (χ3n) is 2.94. The third kappa shape index (κ3) is 5.22. The molecule has 0 aliphatic carbocycles. The summed E-state index contributed by atoms with van der Waals surface area (Å²) in [5.41, 5.74) is 1.85. The van der Waals surface area contributed by atoms with Gasteiger partial charge < -0.3 is 15.5 Å². The van der Waals surface area contributed by atoms with Gasteiger partial charge in [-0.3, -0.25) is 0 Å². The van der Waals surface area contributed by atoms with Crippen LogP contribution in [-0.2, 0) is 0 Å². The maximum atomic E-state index is 12.8. The van der Waals surface area contributed by atoms with Crippen LogP contribution >= 0.6 is 0 Å². The predicted octanol–water partition coefficient (Wildman–Crippen LogP) is 2.06.